The molecule has 0 saturated carbocycles. The molecule has 0 amide bonds. The minimum absolute atomic E-state index is 0.124. The van der Waals surface area contributed by atoms with Crippen LogP contribution < -0.4 is 0 Å². The quantitative estimate of drug-likeness (QED) is 0.638. The van der Waals surface area contributed by atoms with Crippen LogP contribution in [0, 0.1) is 0 Å². The molecule has 1 aromatic carbocycles. The lowest BCUT2D eigenvalue weighted by atomic mass is 9.89. The maximum Gasteiger partial charge on any atom is 0.264 e. The molecule has 22 heavy (non-hydrogen) atoms. The summed E-state index contributed by atoms with van der Waals surface area (Å²) < 4.78 is 33.9. The predicted molar refractivity (Wildman–Crippen MR) is 90.1 cm³/mol. The summed E-state index contributed by atoms with van der Waals surface area (Å²) in [5.41, 5.74) is -0.258. The number of ether oxygens (including phenoxy) is 1. The highest BCUT2D eigenvalue weighted by Crippen LogP contribution is 2.38. The molecule has 0 aliphatic heterocycles. The van der Waals surface area contributed by atoms with Gasteiger partial charge in [0.2, 0.25) is 0 Å². The van der Waals surface area contributed by atoms with Gasteiger partial charge in [-0.3, -0.25) is 4.18 Å². The first-order valence-corrected chi connectivity index (χ1v) is 9.64. The molecule has 7 heteroatoms. The van der Waals surface area contributed by atoms with Crippen LogP contribution in [0.4, 0.5) is 0 Å². The lowest BCUT2D eigenvalue weighted by Gasteiger charge is -2.36. The molecule has 0 radical (unpaired) electrons. The largest absolute Gasteiger partial charge is 0.365 e. The first-order valence-electron chi connectivity index (χ1n) is 7.07. The van der Waals surface area contributed by atoms with Crippen molar-refractivity contribution in [2.24, 2.45) is 0 Å². The van der Waals surface area contributed by atoms with Crippen LogP contribution in [0.1, 0.15) is 39.2 Å². The molecular formula is C15H22Cl2O4S. The number of halogens is 2. The van der Waals surface area contributed by atoms with Crippen LogP contribution in [-0.4, -0.2) is 27.4 Å². The normalized spacial score (nSPS) is 15.0. The highest BCUT2D eigenvalue weighted by molar-refractivity contribution is 7.85. The van der Waals surface area contributed by atoms with Crippen molar-refractivity contribution in [3.63, 3.8) is 0 Å². The fourth-order valence-corrected chi connectivity index (χ4v) is 3.34. The summed E-state index contributed by atoms with van der Waals surface area (Å²) >= 11 is 12.3. The van der Waals surface area contributed by atoms with Gasteiger partial charge in [-0.05, 0) is 32.4 Å². The molecule has 1 rings (SSSR count). The number of hydrogen-bond acceptors (Lipinski definition) is 4. The SMILES string of the molecule is CCCC(COS(C)(=O)=O)(OC(C)C)c1ccc(Cl)cc1Cl. The van der Waals surface area contributed by atoms with Crippen LogP contribution >= 0.6 is 23.2 Å². The molecule has 1 aromatic rings. The van der Waals surface area contributed by atoms with E-state index < -0.39 is 15.7 Å². The predicted octanol–water partition coefficient (Wildman–Crippen LogP) is 4.39. The van der Waals surface area contributed by atoms with Crippen LogP contribution in [0.15, 0.2) is 18.2 Å². The van der Waals surface area contributed by atoms with Crippen molar-refractivity contribution >= 4 is 33.3 Å². The van der Waals surface area contributed by atoms with Gasteiger partial charge < -0.3 is 4.74 Å². The highest BCUT2D eigenvalue weighted by atomic mass is 35.5. The Hall–Kier alpha value is -0.330. The van der Waals surface area contributed by atoms with Crippen LogP contribution in [0.5, 0.6) is 0 Å². The molecule has 0 spiro atoms. The Labute approximate surface area is 142 Å². The monoisotopic (exact) mass is 368 g/mol. The second-order valence-corrected chi connectivity index (χ2v) is 7.99. The van der Waals surface area contributed by atoms with Crippen molar-refractivity contribution in [1.82, 2.24) is 0 Å². The lowest BCUT2D eigenvalue weighted by Crippen LogP contribution is -2.38. The Morgan fingerprint density at radius 3 is 2.36 bits per heavy atom. The van der Waals surface area contributed by atoms with Gasteiger partial charge >= 0.3 is 0 Å². The minimum atomic E-state index is -3.59. The molecule has 0 N–H and O–H groups in total. The molecule has 4 nitrogen and oxygen atoms in total. The van der Waals surface area contributed by atoms with E-state index in [1.807, 2.05) is 20.8 Å². The Kier molecular flexibility index (Phi) is 7.15. The summed E-state index contributed by atoms with van der Waals surface area (Å²) in [6.45, 7) is 5.63. The first-order chi connectivity index (χ1) is 10.1. The number of hydrogen-bond donors (Lipinski definition) is 0. The molecule has 1 unspecified atom stereocenters. The van der Waals surface area contributed by atoms with Crippen molar-refractivity contribution in [1.29, 1.82) is 0 Å². The average molecular weight is 369 g/mol. The summed E-state index contributed by atoms with van der Waals surface area (Å²) in [5.74, 6) is 0. The van der Waals surface area contributed by atoms with E-state index in [-0.39, 0.29) is 12.7 Å². The van der Waals surface area contributed by atoms with Gasteiger partial charge in [-0.15, -0.1) is 0 Å². The zero-order valence-corrected chi connectivity index (χ0v) is 15.6. The van der Waals surface area contributed by atoms with Gasteiger partial charge in [-0.2, -0.15) is 8.42 Å². The van der Waals surface area contributed by atoms with E-state index in [4.69, 9.17) is 32.1 Å². The van der Waals surface area contributed by atoms with E-state index in [9.17, 15) is 8.42 Å². The molecule has 0 saturated heterocycles. The van der Waals surface area contributed by atoms with E-state index in [1.165, 1.54) is 0 Å². The zero-order valence-electron chi connectivity index (χ0n) is 13.2. The smallest absolute Gasteiger partial charge is 0.264 e. The van der Waals surface area contributed by atoms with Gasteiger partial charge in [0.15, 0.2) is 0 Å². The molecule has 0 aliphatic carbocycles. The highest BCUT2D eigenvalue weighted by Gasteiger charge is 2.37. The summed E-state index contributed by atoms with van der Waals surface area (Å²) in [5, 5.41) is 0.937. The van der Waals surface area contributed by atoms with Gasteiger partial charge in [0.1, 0.15) is 5.60 Å². The Morgan fingerprint density at radius 2 is 1.91 bits per heavy atom. The van der Waals surface area contributed by atoms with Gasteiger partial charge in [-0.25, -0.2) is 0 Å². The fourth-order valence-electron chi connectivity index (χ4n) is 2.36. The fraction of sp³-hybridized carbons (Fsp3) is 0.600. The summed E-state index contributed by atoms with van der Waals surface area (Å²) in [6.07, 6.45) is 2.24. The zero-order chi connectivity index (χ0) is 17.0. The van der Waals surface area contributed by atoms with Crippen LogP contribution in [0.25, 0.3) is 0 Å². The second kappa shape index (κ2) is 7.97. The van der Waals surface area contributed by atoms with Crippen molar-refractivity contribution in [3.8, 4) is 0 Å². The third-order valence-corrected chi connectivity index (χ3v) is 4.14. The minimum Gasteiger partial charge on any atom is -0.365 e. The van der Waals surface area contributed by atoms with E-state index >= 15 is 0 Å². The maximum atomic E-state index is 11.4. The number of rotatable bonds is 8. The summed E-state index contributed by atoms with van der Waals surface area (Å²) in [4.78, 5) is 0. The summed E-state index contributed by atoms with van der Waals surface area (Å²) in [6, 6.07) is 5.08. The molecule has 0 heterocycles. The van der Waals surface area contributed by atoms with Crippen LogP contribution in [0.3, 0.4) is 0 Å². The number of benzene rings is 1. The van der Waals surface area contributed by atoms with Crippen molar-refractivity contribution in [2.75, 3.05) is 12.9 Å². The van der Waals surface area contributed by atoms with Gasteiger partial charge in [0, 0.05) is 15.6 Å². The van der Waals surface area contributed by atoms with E-state index in [0.717, 1.165) is 12.7 Å². The first kappa shape index (κ1) is 19.7. The Morgan fingerprint density at radius 1 is 1.27 bits per heavy atom. The molecule has 0 aliphatic rings. The van der Waals surface area contributed by atoms with Crippen LogP contribution in [0.2, 0.25) is 10.0 Å². The van der Waals surface area contributed by atoms with Gasteiger partial charge in [-0.1, -0.05) is 42.6 Å². The van der Waals surface area contributed by atoms with Crippen LogP contribution in [-0.2, 0) is 24.6 Å². The third-order valence-electron chi connectivity index (χ3n) is 3.04. The molecule has 0 bridgehead atoms. The van der Waals surface area contributed by atoms with Gasteiger partial charge in [0.25, 0.3) is 10.1 Å². The van der Waals surface area contributed by atoms with Crippen molar-refractivity contribution < 1.29 is 17.3 Å². The topological polar surface area (TPSA) is 52.6 Å². The Bertz CT molecular complexity index is 602. The molecule has 0 aromatic heterocycles. The van der Waals surface area contributed by atoms with E-state index in [2.05, 4.69) is 0 Å². The standard InChI is InChI=1S/C15H22Cl2O4S/c1-5-8-15(21-11(2)3,10-20-22(4,18)19)13-7-6-12(16)9-14(13)17/h6-7,9,11H,5,8,10H2,1-4H3. The molecular weight excluding hydrogens is 347 g/mol. The lowest BCUT2D eigenvalue weighted by molar-refractivity contribution is -0.113. The third kappa shape index (κ3) is 5.70. The molecule has 1 atom stereocenters. The van der Waals surface area contributed by atoms with E-state index in [0.29, 0.717) is 22.0 Å². The second-order valence-electron chi connectivity index (χ2n) is 5.50. The van der Waals surface area contributed by atoms with Crippen molar-refractivity contribution in [2.45, 2.75) is 45.3 Å². The molecule has 126 valence electrons. The van der Waals surface area contributed by atoms with Crippen molar-refractivity contribution in [3.05, 3.63) is 33.8 Å². The average Bonchev–Trinajstić information content (AvgIpc) is 2.34. The Balaban J connectivity index is 3.33. The maximum absolute atomic E-state index is 11.4. The van der Waals surface area contributed by atoms with Gasteiger partial charge in [0.05, 0.1) is 19.0 Å². The molecule has 0 fully saturated rings. The van der Waals surface area contributed by atoms with E-state index in [1.54, 1.807) is 18.2 Å². The summed E-state index contributed by atoms with van der Waals surface area (Å²) in [7, 11) is -3.59.